The van der Waals surface area contributed by atoms with Crippen molar-refractivity contribution in [3.05, 3.63) is 58.7 Å². The largest absolute Gasteiger partial charge is 0.320 e. The summed E-state index contributed by atoms with van der Waals surface area (Å²) < 4.78 is 0. The van der Waals surface area contributed by atoms with Gasteiger partial charge in [-0.15, -0.1) is 0 Å². The molecule has 0 fully saturated rings. The molecule has 3 nitrogen and oxygen atoms in total. The highest BCUT2D eigenvalue weighted by Crippen LogP contribution is 2.28. The number of aryl methyl sites for hydroxylation is 2. The monoisotopic (exact) mass is 264 g/mol. The average molecular weight is 264 g/mol. The number of fused-ring (bicyclic) bond motifs is 1. The molecule has 100 valence electrons. The molecule has 1 amide bonds. The predicted molar refractivity (Wildman–Crippen MR) is 81.9 cm³/mol. The molecule has 0 atom stereocenters. The molecule has 3 heteroatoms. The lowest BCUT2D eigenvalue weighted by Crippen LogP contribution is -2.14. The number of carbonyl (C=O) groups is 1. The van der Waals surface area contributed by atoms with E-state index in [0.717, 1.165) is 28.1 Å². The van der Waals surface area contributed by atoms with Gasteiger partial charge < -0.3 is 5.32 Å². The number of aliphatic imine (C=N–C) groups is 1. The maximum atomic E-state index is 12.1. The van der Waals surface area contributed by atoms with Crippen molar-refractivity contribution >= 4 is 23.0 Å². The number of anilines is 1. The van der Waals surface area contributed by atoms with E-state index in [4.69, 9.17) is 0 Å². The molecule has 0 aliphatic carbocycles. The van der Waals surface area contributed by atoms with Crippen molar-refractivity contribution in [2.75, 3.05) is 5.32 Å². The van der Waals surface area contributed by atoms with E-state index in [2.05, 4.69) is 10.3 Å². The van der Waals surface area contributed by atoms with Crippen molar-refractivity contribution in [1.82, 2.24) is 0 Å². The number of hydrogen-bond donors (Lipinski definition) is 1. The van der Waals surface area contributed by atoms with Crippen LogP contribution >= 0.6 is 0 Å². The van der Waals surface area contributed by atoms with E-state index in [0.29, 0.717) is 5.71 Å². The fraction of sp³-hybridized carbons (Fsp3) is 0.176. The Kier molecular flexibility index (Phi) is 2.90. The summed E-state index contributed by atoms with van der Waals surface area (Å²) in [5.74, 6) is -0.133. The van der Waals surface area contributed by atoms with Crippen LogP contribution in [0.2, 0.25) is 0 Å². The van der Waals surface area contributed by atoms with Gasteiger partial charge in [-0.2, -0.15) is 0 Å². The molecular formula is C17H16N2O. The summed E-state index contributed by atoms with van der Waals surface area (Å²) in [5, 5.41) is 2.86. The molecule has 0 bridgehead atoms. The maximum Gasteiger partial charge on any atom is 0.275 e. The van der Waals surface area contributed by atoms with Gasteiger partial charge in [0.15, 0.2) is 0 Å². The summed E-state index contributed by atoms with van der Waals surface area (Å²) in [7, 11) is 0. The molecular weight excluding hydrogens is 248 g/mol. The summed E-state index contributed by atoms with van der Waals surface area (Å²) in [4.78, 5) is 16.7. The first kappa shape index (κ1) is 12.6. The van der Waals surface area contributed by atoms with E-state index in [1.807, 2.05) is 57.2 Å². The molecule has 3 rings (SSSR count). The summed E-state index contributed by atoms with van der Waals surface area (Å²) in [6.45, 7) is 6.09. The third-order valence-electron chi connectivity index (χ3n) is 3.70. The Balaban J connectivity index is 2.15. The number of carbonyl (C=O) groups excluding carboxylic acids is 1. The molecule has 0 spiro atoms. The second kappa shape index (κ2) is 4.60. The molecule has 20 heavy (non-hydrogen) atoms. The zero-order valence-electron chi connectivity index (χ0n) is 11.8. The number of benzene rings is 2. The Morgan fingerprint density at radius 2 is 1.85 bits per heavy atom. The van der Waals surface area contributed by atoms with Gasteiger partial charge in [0.1, 0.15) is 5.71 Å². The van der Waals surface area contributed by atoms with Crippen molar-refractivity contribution in [1.29, 1.82) is 0 Å². The third kappa shape index (κ3) is 2.01. The molecule has 1 heterocycles. The number of nitrogens with zero attached hydrogens (tertiary/aromatic N) is 1. The minimum Gasteiger partial charge on any atom is -0.320 e. The number of amides is 1. The zero-order valence-corrected chi connectivity index (χ0v) is 11.8. The van der Waals surface area contributed by atoms with Crippen LogP contribution < -0.4 is 5.32 Å². The predicted octanol–water partition coefficient (Wildman–Crippen LogP) is 3.68. The van der Waals surface area contributed by atoms with Gasteiger partial charge in [-0.3, -0.25) is 4.79 Å². The van der Waals surface area contributed by atoms with Gasteiger partial charge in [0.05, 0.1) is 11.4 Å². The van der Waals surface area contributed by atoms with Gasteiger partial charge in [0.25, 0.3) is 5.91 Å². The minimum atomic E-state index is -0.133. The maximum absolute atomic E-state index is 12.1. The quantitative estimate of drug-likeness (QED) is 0.838. The lowest BCUT2D eigenvalue weighted by Gasteiger charge is -2.05. The first-order valence-corrected chi connectivity index (χ1v) is 6.63. The highest BCUT2D eigenvalue weighted by molar-refractivity contribution is 6.54. The summed E-state index contributed by atoms with van der Waals surface area (Å²) in [6, 6.07) is 11.9. The second-order valence-corrected chi connectivity index (χ2v) is 5.18. The van der Waals surface area contributed by atoms with Crippen LogP contribution in [0.25, 0.3) is 0 Å². The van der Waals surface area contributed by atoms with Crippen molar-refractivity contribution in [3.8, 4) is 0 Å². The van der Waals surface area contributed by atoms with E-state index < -0.39 is 0 Å². The van der Waals surface area contributed by atoms with Gasteiger partial charge in [-0.05, 0) is 50.1 Å². The first-order valence-electron chi connectivity index (χ1n) is 6.63. The van der Waals surface area contributed by atoms with E-state index >= 15 is 0 Å². The highest BCUT2D eigenvalue weighted by Gasteiger charge is 2.26. The molecule has 0 unspecified atom stereocenters. The Labute approximate surface area is 118 Å². The van der Waals surface area contributed by atoms with Crippen molar-refractivity contribution in [3.63, 3.8) is 0 Å². The smallest absolute Gasteiger partial charge is 0.275 e. The zero-order chi connectivity index (χ0) is 14.3. The van der Waals surface area contributed by atoms with E-state index in [1.54, 1.807) is 0 Å². The van der Waals surface area contributed by atoms with Crippen molar-refractivity contribution in [2.45, 2.75) is 20.8 Å². The second-order valence-electron chi connectivity index (χ2n) is 5.18. The van der Waals surface area contributed by atoms with E-state index in [9.17, 15) is 4.79 Å². The van der Waals surface area contributed by atoms with Crippen LogP contribution in [-0.2, 0) is 4.79 Å². The Hall–Kier alpha value is -2.42. The fourth-order valence-electron chi connectivity index (χ4n) is 2.36. The van der Waals surface area contributed by atoms with Gasteiger partial charge in [0.2, 0.25) is 0 Å². The van der Waals surface area contributed by atoms with Crippen LogP contribution in [0.5, 0.6) is 0 Å². The van der Waals surface area contributed by atoms with Crippen molar-refractivity contribution < 1.29 is 4.79 Å². The van der Waals surface area contributed by atoms with Crippen LogP contribution in [0.15, 0.2) is 41.4 Å². The average Bonchev–Trinajstić information content (AvgIpc) is 2.71. The SMILES string of the molecule is Cc1ccc2c(c1)C(=Nc1cccc(C)c1C)C(=O)N2. The number of hydrogen-bond acceptors (Lipinski definition) is 2. The van der Waals surface area contributed by atoms with Gasteiger partial charge in [-0.1, -0.05) is 23.8 Å². The first-order chi connectivity index (χ1) is 9.56. The Morgan fingerprint density at radius 3 is 2.65 bits per heavy atom. The molecule has 2 aromatic carbocycles. The normalized spacial score (nSPS) is 15.3. The highest BCUT2D eigenvalue weighted by atomic mass is 16.2. The Bertz CT molecular complexity index is 745. The summed E-state index contributed by atoms with van der Waals surface area (Å²) in [5.41, 5.74) is 6.47. The minimum absolute atomic E-state index is 0.133. The lowest BCUT2D eigenvalue weighted by molar-refractivity contribution is -0.110. The van der Waals surface area contributed by atoms with E-state index in [-0.39, 0.29) is 5.91 Å². The molecule has 0 radical (unpaired) electrons. The topological polar surface area (TPSA) is 41.5 Å². The molecule has 0 saturated heterocycles. The van der Waals surface area contributed by atoms with Gasteiger partial charge >= 0.3 is 0 Å². The van der Waals surface area contributed by atoms with Crippen LogP contribution in [0.1, 0.15) is 22.3 Å². The standard InChI is InChI=1S/C17H16N2O/c1-10-7-8-15-13(9-10)16(17(20)19-15)18-14-6-4-5-11(2)12(14)3/h4-9H,1-3H3,(H,18,19,20). The van der Waals surface area contributed by atoms with Crippen LogP contribution in [-0.4, -0.2) is 11.6 Å². The molecule has 2 aromatic rings. The molecule has 1 N–H and O–H groups in total. The van der Waals surface area contributed by atoms with Crippen LogP contribution in [0, 0.1) is 20.8 Å². The third-order valence-corrected chi connectivity index (χ3v) is 3.70. The fourth-order valence-corrected chi connectivity index (χ4v) is 2.36. The molecule has 0 saturated carbocycles. The number of rotatable bonds is 1. The molecule has 1 aliphatic rings. The van der Waals surface area contributed by atoms with Crippen LogP contribution in [0.3, 0.4) is 0 Å². The van der Waals surface area contributed by atoms with Crippen molar-refractivity contribution in [2.24, 2.45) is 4.99 Å². The molecule has 1 aliphatic heterocycles. The summed E-state index contributed by atoms with van der Waals surface area (Å²) in [6.07, 6.45) is 0. The number of nitrogens with one attached hydrogen (secondary N) is 1. The van der Waals surface area contributed by atoms with E-state index in [1.165, 1.54) is 5.56 Å². The Morgan fingerprint density at radius 1 is 1.05 bits per heavy atom. The summed E-state index contributed by atoms with van der Waals surface area (Å²) >= 11 is 0. The lowest BCUT2D eigenvalue weighted by atomic mass is 10.1. The van der Waals surface area contributed by atoms with Gasteiger partial charge in [-0.25, -0.2) is 4.99 Å². The molecule has 0 aromatic heterocycles. The van der Waals surface area contributed by atoms with Gasteiger partial charge in [0, 0.05) is 5.56 Å². The van der Waals surface area contributed by atoms with Crippen LogP contribution in [0.4, 0.5) is 11.4 Å².